The molecule has 36 heavy (non-hydrogen) atoms. The summed E-state index contributed by atoms with van der Waals surface area (Å²) in [6, 6.07) is 17.6. The van der Waals surface area contributed by atoms with E-state index in [1.165, 1.54) is 25.1 Å². The number of Topliss-reactive ketones (excluding diaryl/α,β-unsaturated/α-hetero) is 1. The van der Waals surface area contributed by atoms with Gasteiger partial charge < -0.3 is 9.63 Å². The molecular weight excluding hydrogens is 480 g/mol. The number of nitrogens with zero attached hydrogens (tertiary/aromatic N) is 1. The lowest BCUT2D eigenvalue weighted by Gasteiger charge is -2.24. The van der Waals surface area contributed by atoms with Crippen LogP contribution in [-0.2, 0) is 24.1 Å². The number of hydrogen-bond donors (Lipinski definition) is 1. The van der Waals surface area contributed by atoms with Crippen LogP contribution in [0, 0.1) is 5.82 Å². The predicted octanol–water partition coefficient (Wildman–Crippen LogP) is 6.79. The maximum atomic E-state index is 13.7. The van der Waals surface area contributed by atoms with Crippen molar-refractivity contribution in [1.29, 1.82) is 0 Å². The predicted molar refractivity (Wildman–Crippen MR) is 140 cm³/mol. The highest BCUT2D eigenvalue weighted by Gasteiger charge is 2.27. The lowest BCUT2D eigenvalue weighted by molar-refractivity contribution is -0.139. The smallest absolute Gasteiger partial charge is 0.310 e. The van der Waals surface area contributed by atoms with Gasteiger partial charge in [-0.1, -0.05) is 63.2 Å². The fourth-order valence-corrected chi connectivity index (χ4v) is 5.09. The molecule has 3 rings (SSSR count). The van der Waals surface area contributed by atoms with Crippen molar-refractivity contribution in [3.63, 3.8) is 0 Å². The maximum absolute atomic E-state index is 13.7. The molecule has 1 unspecified atom stereocenters. The Hall–Kier alpha value is -3.41. The minimum atomic E-state index is -3.62. The fourth-order valence-electron chi connectivity index (χ4n) is 3.76. The number of carbonyl (C=O) groups excluding carboxylic acids is 1. The Morgan fingerprint density at radius 3 is 2.25 bits per heavy atom. The van der Waals surface area contributed by atoms with Gasteiger partial charge in [-0.2, -0.15) is 0 Å². The van der Waals surface area contributed by atoms with Gasteiger partial charge >= 0.3 is 5.97 Å². The van der Waals surface area contributed by atoms with Gasteiger partial charge in [-0.25, -0.2) is 4.39 Å². The largest absolute Gasteiger partial charge is 0.481 e. The summed E-state index contributed by atoms with van der Waals surface area (Å²) in [5.74, 6) is -1.02. The molecule has 0 bridgehead atoms. The van der Waals surface area contributed by atoms with Crippen LogP contribution in [0.4, 0.5) is 4.39 Å². The van der Waals surface area contributed by atoms with Crippen molar-refractivity contribution in [1.82, 2.24) is 4.98 Å². The highest BCUT2D eigenvalue weighted by molar-refractivity contribution is 7.63. The van der Waals surface area contributed by atoms with Gasteiger partial charge in [0.05, 0.1) is 17.5 Å². The molecule has 8 heteroatoms. The number of aromatic nitrogens is 1. The molecule has 2 aromatic carbocycles. The molecule has 0 fully saturated rings. The molecule has 3 aromatic rings. The third-order valence-corrected chi connectivity index (χ3v) is 7.53. The van der Waals surface area contributed by atoms with Crippen LogP contribution in [-0.4, -0.2) is 35.1 Å². The third kappa shape index (κ3) is 6.84. The number of halogens is 1. The minimum absolute atomic E-state index is 0.370. The van der Waals surface area contributed by atoms with Crippen molar-refractivity contribution in [3.8, 4) is 22.4 Å². The molecule has 0 radical (unpaired) electrons. The van der Waals surface area contributed by atoms with E-state index >= 15 is 0 Å². The van der Waals surface area contributed by atoms with E-state index in [9.17, 15) is 18.5 Å². The number of rotatable bonds is 9. The van der Waals surface area contributed by atoms with Crippen LogP contribution in [0.2, 0.25) is 0 Å². The summed E-state index contributed by atoms with van der Waals surface area (Å²) in [7, 11) is -2.40. The first kappa shape index (κ1) is 27.2. The van der Waals surface area contributed by atoms with Crippen molar-refractivity contribution in [3.05, 3.63) is 83.6 Å². The van der Waals surface area contributed by atoms with E-state index in [0.29, 0.717) is 11.3 Å². The monoisotopic (exact) mass is 509 g/mol. The molecule has 188 valence electrons. The third-order valence-electron chi connectivity index (χ3n) is 5.52. The summed E-state index contributed by atoms with van der Waals surface area (Å²) in [5.41, 5.74) is 4.03. The molecule has 1 atom stereocenters. The number of carboxylic acids is 1. The molecule has 1 N–H and O–H groups in total. The number of benzene rings is 2. The number of ketones is 1. The Morgan fingerprint density at radius 1 is 1.06 bits per heavy atom. The van der Waals surface area contributed by atoms with Gasteiger partial charge in [-0.15, -0.1) is 0 Å². The van der Waals surface area contributed by atoms with Crippen molar-refractivity contribution in [2.45, 2.75) is 32.6 Å². The second-order valence-electron chi connectivity index (χ2n) is 9.43. The molecule has 0 amide bonds. The van der Waals surface area contributed by atoms with Crippen molar-refractivity contribution in [2.75, 3.05) is 13.3 Å². The van der Waals surface area contributed by atoms with Gasteiger partial charge in [0.25, 0.3) is 0 Å². The molecule has 1 heterocycles. The average Bonchev–Trinajstić information content (AvgIpc) is 2.82. The first-order valence-electron chi connectivity index (χ1n) is 11.4. The zero-order valence-electron chi connectivity index (χ0n) is 20.7. The number of aliphatic carboxylic acids is 1. The van der Waals surface area contributed by atoms with Crippen LogP contribution in [0.5, 0.6) is 0 Å². The number of carbonyl (C=O) groups is 2. The Bertz CT molecular complexity index is 1330. The van der Waals surface area contributed by atoms with Crippen LogP contribution >= 0.6 is 7.37 Å². The van der Waals surface area contributed by atoms with Crippen molar-refractivity contribution in [2.24, 2.45) is 0 Å². The molecule has 0 aliphatic heterocycles. The van der Waals surface area contributed by atoms with Crippen LogP contribution in [0.15, 0.2) is 66.5 Å². The number of pyridine rings is 1. The number of hydrogen-bond acceptors (Lipinski definition) is 5. The van der Waals surface area contributed by atoms with Gasteiger partial charge in [-0.3, -0.25) is 19.1 Å². The highest BCUT2D eigenvalue weighted by Crippen LogP contribution is 2.49. The molecule has 0 aliphatic carbocycles. The second-order valence-corrected chi connectivity index (χ2v) is 11.9. The Labute approximate surface area is 210 Å². The topological polar surface area (TPSA) is 93.6 Å². The first-order valence-corrected chi connectivity index (χ1v) is 13.2. The molecule has 1 aromatic heterocycles. The van der Waals surface area contributed by atoms with E-state index in [-0.39, 0.29) is 5.82 Å². The summed E-state index contributed by atoms with van der Waals surface area (Å²) in [6.07, 6.45) is 0.348. The summed E-state index contributed by atoms with van der Waals surface area (Å²) in [5, 5.41) is 8.88. The van der Waals surface area contributed by atoms with Crippen LogP contribution in [0.3, 0.4) is 0 Å². The quantitative estimate of drug-likeness (QED) is 0.252. The SMILES string of the molecule is COP(=O)(C=Cc1c(-c2ccc(F)cc2)cc(-c2ccccc2)nc1C(C)(C)C)CC(=O)CC(=O)O. The summed E-state index contributed by atoms with van der Waals surface area (Å²) in [4.78, 5) is 27.9. The average molecular weight is 510 g/mol. The van der Waals surface area contributed by atoms with Gasteiger partial charge in [0.2, 0.25) is 7.37 Å². The van der Waals surface area contributed by atoms with Crippen LogP contribution in [0.1, 0.15) is 38.4 Å². The Morgan fingerprint density at radius 2 is 1.69 bits per heavy atom. The van der Waals surface area contributed by atoms with Crippen molar-refractivity contribution >= 4 is 25.2 Å². The van der Waals surface area contributed by atoms with Gasteiger partial charge in [0, 0.05) is 29.5 Å². The van der Waals surface area contributed by atoms with E-state index in [0.717, 1.165) is 22.4 Å². The zero-order valence-corrected chi connectivity index (χ0v) is 21.6. The van der Waals surface area contributed by atoms with Crippen molar-refractivity contribution < 1.29 is 28.2 Å². The van der Waals surface area contributed by atoms with E-state index in [1.807, 2.05) is 57.2 Å². The molecule has 0 saturated heterocycles. The molecule has 6 nitrogen and oxygen atoms in total. The number of carboxylic acid groups (broad SMARTS) is 1. The van der Waals surface area contributed by atoms with Gasteiger partial charge in [0.1, 0.15) is 12.2 Å². The minimum Gasteiger partial charge on any atom is -0.481 e. The van der Waals surface area contributed by atoms with E-state index in [4.69, 9.17) is 14.6 Å². The highest BCUT2D eigenvalue weighted by atomic mass is 31.2. The van der Waals surface area contributed by atoms with Gasteiger partial charge in [0.15, 0.2) is 5.78 Å². The summed E-state index contributed by atoms with van der Waals surface area (Å²) in [6.45, 7) is 6.01. The lowest BCUT2D eigenvalue weighted by Crippen LogP contribution is -2.17. The zero-order chi connectivity index (χ0) is 26.5. The molecular formula is C28H29FNO5P. The Kier molecular flexibility index (Phi) is 8.39. The van der Waals surface area contributed by atoms with Crippen LogP contribution < -0.4 is 0 Å². The van der Waals surface area contributed by atoms with Crippen LogP contribution in [0.25, 0.3) is 28.5 Å². The maximum Gasteiger partial charge on any atom is 0.310 e. The van der Waals surface area contributed by atoms with E-state index < -0.39 is 37.1 Å². The van der Waals surface area contributed by atoms with Gasteiger partial charge in [-0.05, 0) is 35.4 Å². The molecule has 0 spiro atoms. The summed E-state index contributed by atoms with van der Waals surface area (Å²) >= 11 is 0. The fraction of sp³-hybridized carbons (Fsp3) is 0.250. The normalized spacial score (nSPS) is 13.5. The Balaban J connectivity index is 2.23. The lowest BCUT2D eigenvalue weighted by atomic mass is 9.84. The van der Waals surface area contributed by atoms with E-state index in [2.05, 4.69) is 0 Å². The first-order chi connectivity index (χ1) is 16.9. The summed E-state index contributed by atoms with van der Waals surface area (Å²) < 4.78 is 32.2. The molecule has 0 saturated carbocycles. The molecule has 0 aliphatic rings. The standard InChI is InChI=1S/C28H29FNO5P/c1-28(2,3)27-23(14-15-36(34,35-4)18-22(31)16-26(32)33)24(19-10-12-21(29)13-11-19)17-25(30-27)20-8-6-5-7-9-20/h5-15,17H,16,18H2,1-4H3,(H,32,33). The van der Waals surface area contributed by atoms with E-state index in [1.54, 1.807) is 18.2 Å². The second kappa shape index (κ2) is 11.1.